The molecule has 0 unspecified atom stereocenters. The average Bonchev–Trinajstić information content (AvgIpc) is 2.94. The molecule has 1 heterocycles. The minimum Gasteiger partial charge on any atom is -0.345 e. The number of carbonyl (C=O) groups is 1. The van der Waals surface area contributed by atoms with Gasteiger partial charge >= 0.3 is 0 Å². The highest BCUT2D eigenvalue weighted by Gasteiger charge is 2.15. The molecule has 0 saturated carbocycles. The lowest BCUT2D eigenvalue weighted by atomic mass is 10.2. The molecule has 0 atom stereocenters. The normalized spacial score (nSPS) is 10.3. The lowest BCUT2D eigenvalue weighted by Crippen LogP contribution is -2.24. The number of nitro benzene ring substituents is 1. The Morgan fingerprint density at radius 2 is 2.19 bits per heavy atom. The summed E-state index contributed by atoms with van der Waals surface area (Å²) in [6, 6.07) is 6.25. The second kappa shape index (κ2) is 6.60. The van der Waals surface area contributed by atoms with Crippen LogP contribution in [-0.4, -0.2) is 26.0 Å². The Morgan fingerprint density at radius 3 is 2.90 bits per heavy atom. The zero-order valence-corrected chi connectivity index (χ0v) is 11.5. The minimum atomic E-state index is -0.479. The van der Waals surface area contributed by atoms with E-state index in [9.17, 15) is 14.9 Å². The molecular formula is C13H15N5O3. The Hall–Kier alpha value is -2.77. The number of para-hydroxylation sites is 1. The molecule has 0 bridgehead atoms. The highest BCUT2D eigenvalue weighted by molar-refractivity contribution is 5.90. The Balaban J connectivity index is 2.02. The number of nitrogens with one attached hydrogen (secondary N) is 2. The third-order valence-electron chi connectivity index (χ3n) is 2.85. The van der Waals surface area contributed by atoms with E-state index >= 15 is 0 Å². The van der Waals surface area contributed by atoms with E-state index in [2.05, 4.69) is 20.5 Å². The van der Waals surface area contributed by atoms with Gasteiger partial charge < -0.3 is 5.32 Å². The van der Waals surface area contributed by atoms with Gasteiger partial charge in [-0.3, -0.25) is 20.0 Å². The molecule has 2 rings (SSSR count). The van der Waals surface area contributed by atoms with Gasteiger partial charge in [0.1, 0.15) is 5.82 Å². The highest BCUT2D eigenvalue weighted by atomic mass is 16.6. The summed E-state index contributed by atoms with van der Waals surface area (Å²) in [5.74, 6) is 0.220. The first-order valence-corrected chi connectivity index (χ1v) is 6.53. The van der Waals surface area contributed by atoms with Crippen LogP contribution < -0.4 is 5.32 Å². The second-order valence-electron chi connectivity index (χ2n) is 4.42. The summed E-state index contributed by atoms with van der Waals surface area (Å²) in [6.45, 7) is 2.05. The van der Waals surface area contributed by atoms with Gasteiger partial charge in [0.2, 0.25) is 5.82 Å². The summed E-state index contributed by atoms with van der Waals surface area (Å²) in [4.78, 5) is 26.3. The first-order valence-electron chi connectivity index (χ1n) is 6.53. The molecule has 1 aromatic heterocycles. The predicted molar refractivity (Wildman–Crippen MR) is 74.6 cm³/mol. The van der Waals surface area contributed by atoms with Crippen LogP contribution >= 0.6 is 0 Å². The van der Waals surface area contributed by atoms with E-state index in [-0.39, 0.29) is 18.1 Å². The van der Waals surface area contributed by atoms with Crippen molar-refractivity contribution in [3.63, 3.8) is 0 Å². The Morgan fingerprint density at radius 1 is 1.43 bits per heavy atom. The minimum absolute atomic E-state index is 0.0283. The summed E-state index contributed by atoms with van der Waals surface area (Å²) >= 11 is 0. The third kappa shape index (κ3) is 3.62. The standard InChI is InChI=1S/C13H15N5O3/c1-2-5-11-15-12(17-16-11)13(19)14-8-9-6-3-4-7-10(9)18(20)21/h3-4,6-7H,2,5,8H2,1H3,(H,14,19)(H,15,16,17). The molecule has 1 aromatic carbocycles. The summed E-state index contributed by atoms with van der Waals surface area (Å²) in [6.07, 6.45) is 1.61. The van der Waals surface area contributed by atoms with Crippen LogP contribution in [0.15, 0.2) is 24.3 Å². The fourth-order valence-corrected chi connectivity index (χ4v) is 1.84. The maximum atomic E-state index is 11.9. The van der Waals surface area contributed by atoms with E-state index in [1.807, 2.05) is 6.92 Å². The summed E-state index contributed by atoms with van der Waals surface area (Å²) in [7, 11) is 0. The molecular weight excluding hydrogens is 274 g/mol. The van der Waals surface area contributed by atoms with Crippen LogP contribution in [-0.2, 0) is 13.0 Å². The zero-order valence-electron chi connectivity index (χ0n) is 11.5. The van der Waals surface area contributed by atoms with Crippen LogP contribution in [0.5, 0.6) is 0 Å². The van der Waals surface area contributed by atoms with Crippen molar-refractivity contribution in [1.82, 2.24) is 20.5 Å². The fourth-order valence-electron chi connectivity index (χ4n) is 1.84. The molecule has 2 aromatic rings. The van der Waals surface area contributed by atoms with Gasteiger partial charge in [-0.1, -0.05) is 25.1 Å². The summed E-state index contributed by atoms with van der Waals surface area (Å²) in [5, 5.41) is 20.0. The van der Waals surface area contributed by atoms with Crippen molar-refractivity contribution in [2.45, 2.75) is 26.3 Å². The van der Waals surface area contributed by atoms with Gasteiger partial charge in [0.15, 0.2) is 0 Å². The molecule has 0 saturated heterocycles. The van der Waals surface area contributed by atoms with E-state index in [0.717, 1.165) is 6.42 Å². The quantitative estimate of drug-likeness (QED) is 0.619. The molecule has 0 aliphatic carbocycles. The molecule has 0 radical (unpaired) electrons. The number of hydrogen-bond acceptors (Lipinski definition) is 5. The van der Waals surface area contributed by atoms with Gasteiger partial charge in [-0.2, -0.15) is 0 Å². The van der Waals surface area contributed by atoms with Crippen molar-refractivity contribution >= 4 is 11.6 Å². The number of carbonyl (C=O) groups excluding carboxylic acids is 1. The summed E-state index contributed by atoms with van der Waals surface area (Å²) in [5.41, 5.74) is 0.402. The molecule has 110 valence electrons. The van der Waals surface area contributed by atoms with Crippen LogP contribution in [0.1, 0.15) is 35.4 Å². The number of hydrogen-bond donors (Lipinski definition) is 2. The molecule has 0 aliphatic rings. The second-order valence-corrected chi connectivity index (χ2v) is 4.42. The SMILES string of the molecule is CCCc1nc(C(=O)NCc2ccccc2[N+](=O)[O-])n[nH]1. The van der Waals surface area contributed by atoms with Gasteiger partial charge in [0.05, 0.1) is 4.92 Å². The van der Waals surface area contributed by atoms with Crippen LogP contribution in [0.3, 0.4) is 0 Å². The number of aryl methyl sites for hydroxylation is 1. The zero-order chi connectivity index (χ0) is 15.2. The topological polar surface area (TPSA) is 114 Å². The number of aromatic nitrogens is 3. The maximum absolute atomic E-state index is 11.9. The number of amides is 1. The number of nitro groups is 1. The highest BCUT2D eigenvalue weighted by Crippen LogP contribution is 2.17. The van der Waals surface area contributed by atoms with Crippen LogP contribution in [0.25, 0.3) is 0 Å². The number of benzene rings is 1. The monoisotopic (exact) mass is 289 g/mol. The summed E-state index contributed by atoms with van der Waals surface area (Å²) < 4.78 is 0. The molecule has 0 spiro atoms. The van der Waals surface area contributed by atoms with E-state index in [4.69, 9.17) is 0 Å². The number of nitrogens with zero attached hydrogens (tertiary/aromatic N) is 3. The van der Waals surface area contributed by atoms with Gasteiger partial charge in [-0.05, 0) is 6.42 Å². The van der Waals surface area contributed by atoms with E-state index in [1.54, 1.807) is 18.2 Å². The predicted octanol–water partition coefficient (Wildman–Crippen LogP) is 1.60. The lowest BCUT2D eigenvalue weighted by Gasteiger charge is -2.03. The molecule has 21 heavy (non-hydrogen) atoms. The van der Waals surface area contributed by atoms with Crippen molar-refractivity contribution in [3.8, 4) is 0 Å². The molecule has 0 aliphatic heterocycles. The van der Waals surface area contributed by atoms with Gasteiger partial charge in [0, 0.05) is 24.6 Å². The van der Waals surface area contributed by atoms with E-state index in [0.29, 0.717) is 17.8 Å². The maximum Gasteiger partial charge on any atom is 0.291 e. The van der Waals surface area contributed by atoms with Crippen LogP contribution in [0.4, 0.5) is 5.69 Å². The number of aromatic amines is 1. The van der Waals surface area contributed by atoms with Crippen molar-refractivity contribution in [2.24, 2.45) is 0 Å². The molecule has 0 fully saturated rings. The largest absolute Gasteiger partial charge is 0.345 e. The fraction of sp³-hybridized carbons (Fsp3) is 0.308. The van der Waals surface area contributed by atoms with Crippen molar-refractivity contribution in [3.05, 3.63) is 51.6 Å². The molecule has 8 nitrogen and oxygen atoms in total. The average molecular weight is 289 g/mol. The van der Waals surface area contributed by atoms with Gasteiger partial charge in [-0.15, -0.1) is 5.10 Å². The van der Waals surface area contributed by atoms with E-state index < -0.39 is 10.8 Å². The first-order chi connectivity index (χ1) is 10.1. The van der Waals surface area contributed by atoms with Crippen LogP contribution in [0.2, 0.25) is 0 Å². The Bertz CT molecular complexity index is 653. The number of rotatable bonds is 6. The van der Waals surface area contributed by atoms with Gasteiger partial charge in [-0.25, -0.2) is 4.98 Å². The smallest absolute Gasteiger partial charge is 0.291 e. The number of H-pyrrole nitrogens is 1. The van der Waals surface area contributed by atoms with E-state index in [1.165, 1.54) is 6.07 Å². The molecule has 8 heteroatoms. The van der Waals surface area contributed by atoms with Crippen LogP contribution in [0, 0.1) is 10.1 Å². The third-order valence-corrected chi connectivity index (χ3v) is 2.85. The molecule has 2 N–H and O–H groups in total. The Labute approximate surface area is 120 Å². The first kappa shape index (κ1) is 14.6. The Kier molecular flexibility index (Phi) is 4.60. The lowest BCUT2D eigenvalue weighted by molar-refractivity contribution is -0.385. The molecule has 1 amide bonds. The van der Waals surface area contributed by atoms with Crippen molar-refractivity contribution in [2.75, 3.05) is 0 Å². The van der Waals surface area contributed by atoms with Crippen molar-refractivity contribution in [1.29, 1.82) is 0 Å². The van der Waals surface area contributed by atoms with Gasteiger partial charge in [0.25, 0.3) is 11.6 Å². The van der Waals surface area contributed by atoms with Crippen molar-refractivity contribution < 1.29 is 9.72 Å².